The van der Waals surface area contributed by atoms with Crippen LogP contribution < -0.4 is 0 Å². The maximum atomic E-state index is 13.4. The molecule has 0 saturated heterocycles. The minimum absolute atomic E-state index is 0.150. The van der Waals surface area contributed by atoms with Gasteiger partial charge >= 0.3 is 0 Å². The van der Waals surface area contributed by atoms with Gasteiger partial charge in [-0.2, -0.15) is 0 Å². The molecule has 4 nitrogen and oxygen atoms in total. The molecule has 0 fully saturated rings. The molecule has 5 heteroatoms. The fourth-order valence-corrected chi connectivity index (χ4v) is 3.56. The van der Waals surface area contributed by atoms with E-state index in [0.29, 0.717) is 6.61 Å². The topological polar surface area (TPSA) is 41.9 Å². The number of halogens is 1. The summed E-state index contributed by atoms with van der Waals surface area (Å²) in [4.78, 5) is 6.39. The minimum atomic E-state index is -0.558. The van der Waals surface area contributed by atoms with Crippen molar-refractivity contribution in [3.8, 4) is 0 Å². The molecule has 0 saturated carbocycles. The number of ether oxygens (including phenoxy) is 1. The number of hydrogen-bond donors (Lipinski definition) is 1. The van der Waals surface area contributed by atoms with Crippen molar-refractivity contribution in [2.45, 2.75) is 31.7 Å². The van der Waals surface area contributed by atoms with E-state index < -0.39 is 5.60 Å². The second-order valence-electron chi connectivity index (χ2n) is 6.79. The fourth-order valence-electron chi connectivity index (χ4n) is 3.56. The van der Waals surface area contributed by atoms with E-state index in [9.17, 15) is 4.39 Å². The average molecular weight is 345 g/mol. The van der Waals surface area contributed by atoms with Crippen LogP contribution in [0, 0.1) is 5.82 Å². The minimum Gasteiger partial charge on any atom is -0.361 e. The highest BCUT2D eigenvalue weighted by Crippen LogP contribution is 2.45. The molecule has 0 amide bonds. The van der Waals surface area contributed by atoms with Crippen molar-refractivity contribution < 1.29 is 19.3 Å². The van der Waals surface area contributed by atoms with Gasteiger partial charge in [0.2, 0.25) is 0 Å². The molecule has 3 rings (SSSR count). The summed E-state index contributed by atoms with van der Waals surface area (Å²) < 4.78 is 19.7. The van der Waals surface area contributed by atoms with Crippen molar-refractivity contribution in [2.24, 2.45) is 0 Å². The number of hydrogen-bond acceptors (Lipinski definition) is 4. The Hall–Kier alpha value is -1.79. The Bertz CT molecular complexity index is 717. The van der Waals surface area contributed by atoms with E-state index in [1.165, 1.54) is 12.1 Å². The van der Waals surface area contributed by atoms with Gasteiger partial charge in [0, 0.05) is 0 Å². The summed E-state index contributed by atoms with van der Waals surface area (Å²) in [6, 6.07) is 12.6. The van der Waals surface area contributed by atoms with Crippen molar-refractivity contribution in [2.75, 3.05) is 20.6 Å². The number of benzene rings is 2. The summed E-state index contributed by atoms with van der Waals surface area (Å²) in [6.45, 7) is 1.60. The normalized spacial score (nSPS) is 19.4. The molecule has 2 aromatic rings. The second kappa shape index (κ2) is 7.62. The predicted molar refractivity (Wildman–Crippen MR) is 93.6 cm³/mol. The molecule has 0 bridgehead atoms. The van der Waals surface area contributed by atoms with Crippen molar-refractivity contribution in [1.82, 2.24) is 4.90 Å². The van der Waals surface area contributed by atoms with Crippen molar-refractivity contribution in [3.05, 3.63) is 70.5 Å². The number of fused-ring (bicyclic) bond motifs is 1. The zero-order chi connectivity index (χ0) is 17.9. The Morgan fingerprint density at radius 2 is 1.96 bits per heavy atom. The first-order valence-electron chi connectivity index (χ1n) is 8.48. The van der Waals surface area contributed by atoms with Gasteiger partial charge < -0.3 is 9.64 Å². The summed E-state index contributed by atoms with van der Waals surface area (Å²) in [5.74, 6) is -0.249. The van der Waals surface area contributed by atoms with Crippen LogP contribution in [-0.2, 0) is 28.4 Å². The summed E-state index contributed by atoms with van der Waals surface area (Å²) in [7, 11) is 4.10. The Kier molecular flexibility index (Phi) is 5.49. The van der Waals surface area contributed by atoms with E-state index in [2.05, 4.69) is 23.9 Å². The molecule has 2 aromatic carbocycles. The Morgan fingerprint density at radius 1 is 1.20 bits per heavy atom. The smallest absolute Gasteiger partial charge is 0.123 e. The van der Waals surface area contributed by atoms with Crippen LogP contribution in [0.1, 0.15) is 35.1 Å². The zero-order valence-corrected chi connectivity index (χ0v) is 14.7. The molecule has 0 radical (unpaired) electrons. The number of rotatable bonds is 7. The van der Waals surface area contributed by atoms with Crippen LogP contribution in [0.3, 0.4) is 0 Å². The Labute approximate surface area is 147 Å². The third kappa shape index (κ3) is 3.75. The molecule has 0 aliphatic carbocycles. The maximum absolute atomic E-state index is 13.4. The van der Waals surface area contributed by atoms with Gasteiger partial charge in [-0.05, 0) is 67.9 Å². The highest BCUT2D eigenvalue weighted by atomic mass is 19.1. The van der Waals surface area contributed by atoms with Crippen molar-refractivity contribution >= 4 is 0 Å². The summed E-state index contributed by atoms with van der Waals surface area (Å²) in [5.41, 5.74) is 3.51. The molecule has 1 atom stereocenters. The van der Waals surface area contributed by atoms with Crippen LogP contribution in [0.5, 0.6) is 0 Å². The first kappa shape index (κ1) is 18.0. The molecule has 0 aromatic heterocycles. The van der Waals surface area contributed by atoms with Crippen LogP contribution in [0.15, 0.2) is 42.5 Å². The van der Waals surface area contributed by atoms with Gasteiger partial charge in [-0.3, -0.25) is 5.26 Å². The first-order valence-corrected chi connectivity index (χ1v) is 8.48. The van der Waals surface area contributed by atoms with Crippen LogP contribution in [0.2, 0.25) is 0 Å². The second-order valence-corrected chi connectivity index (χ2v) is 6.79. The molecule has 134 valence electrons. The summed E-state index contributed by atoms with van der Waals surface area (Å²) >= 11 is 0. The van der Waals surface area contributed by atoms with Crippen LogP contribution in [0.4, 0.5) is 4.39 Å². The van der Waals surface area contributed by atoms with Gasteiger partial charge in [-0.25, -0.2) is 9.28 Å². The fraction of sp³-hybridized carbons (Fsp3) is 0.400. The summed E-state index contributed by atoms with van der Waals surface area (Å²) in [6.07, 6.45) is 1.78. The standard InChI is InChI=1S/C20H24FNO3/c1-22(2)11-3-10-20(17-5-7-18(21)8-6-17)19-9-4-15(13-25-23)12-16(19)14-24-20/h4-9,12,23H,3,10-11,13-14H2,1-2H3. The third-order valence-electron chi connectivity index (χ3n) is 4.75. The molecule has 1 aliphatic heterocycles. The van der Waals surface area contributed by atoms with Gasteiger partial charge in [0.05, 0.1) is 6.61 Å². The Morgan fingerprint density at radius 3 is 2.64 bits per heavy atom. The number of nitrogens with zero attached hydrogens (tertiary/aromatic N) is 1. The maximum Gasteiger partial charge on any atom is 0.123 e. The van der Waals surface area contributed by atoms with Crippen molar-refractivity contribution in [3.63, 3.8) is 0 Å². The van der Waals surface area contributed by atoms with Gasteiger partial charge in [-0.15, -0.1) is 0 Å². The lowest BCUT2D eigenvalue weighted by molar-refractivity contribution is -0.253. The zero-order valence-electron chi connectivity index (χ0n) is 14.7. The van der Waals surface area contributed by atoms with Crippen LogP contribution in [-0.4, -0.2) is 30.8 Å². The van der Waals surface area contributed by atoms with E-state index >= 15 is 0 Å². The quantitative estimate of drug-likeness (QED) is 0.610. The molecule has 1 aliphatic rings. The molecule has 1 unspecified atom stereocenters. The molecule has 1 N–H and O–H groups in total. The predicted octanol–water partition coefficient (Wildman–Crippen LogP) is 3.93. The molecule has 25 heavy (non-hydrogen) atoms. The highest BCUT2D eigenvalue weighted by Gasteiger charge is 2.41. The lowest BCUT2D eigenvalue weighted by Crippen LogP contribution is -2.28. The molecule has 1 heterocycles. The van der Waals surface area contributed by atoms with E-state index in [4.69, 9.17) is 9.99 Å². The lowest BCUT2D eigenvalue weighted by Gasteiger charge is -2.31. The van der Waals surface area contributed by atoms with Gasteiger partial charge in [0.25, 0.3) is 0 Å². The first-order chi connectivity index (χ1) is 12.0. The van der Waals surface area contributed by atoms with Crippen molar-refractivity contribution in [1.29, 1.82) is 0 Å². The van der Waals surface area contributed by atoms with E-state index in [1.54, 1.807) is 0 Å². The van der Waals surface area contributed by atoms with Crippen LogP contribution >= 0.6 is 0 Å². The van der Waals surface area contributed by atoms with E-state index in [-0.39, 0.29) is 12.4 Å². The van der Waals surface area contributed by atoms with E-state index in [0.717, 1.165) is 41.6 Å². The molecular formula is C20H24FNO3. The monoisotopic (exact) mass is 345 g/mol. The van der Waals surface area contributed by atoms with Gasteiger partial charge in [-0.1, -0.05) is 30.3 Å². The van der Waals surface area contributed by atoms with E-state index in [1.807, 2.05) is 30.3 Å². The van der Waals surface area contributed by atoms with Gasteiger partial charge in [0.15, 0.2) is 0 Å². The molecule has 0 spiro atoms. The molecular weight excluding hydrogens is 321 g/mol. The lowest BCUT2D eigenvalue weighted by atomic mass is 9.81. The van der Waals surface area contributed by atoms with Gasteiger partial charge in [0.1, 0.15) is 18.0 Å². The SMILES string of the molecule is CN(C)CCCC1(c2ccc(F)cc2)OCc2cc(COO)ccc21. The highest BCUT2D eigenvalue weighted by molar-refractivity contribution is 5.45. The third-order valence-corrected chi connectivity index (χ3v) is 4.75. The average Bonchev–Trinajstić information content (AvgIpc) is 2.95. The Balaban J connectivity index is 1.98. The summed E-state index contributed by atoms with van der Waals surface area (Å²) in [5, 5.41) is 8.67. The van der Waals surface area contributed by atoms with Crippen LogP contribution in [0.25, 0.3) is 0 Å². The largest absolute Gasteiger partial charge is 0.361 e.